The van der Waals surface area contributed by atoms with E-state index >= 15 is 0 Å². The number of nitrogens with zero attached hydrogens (tertiary/aromatic N) is 3. The predicted octanol–water partition coefficient (Wildman–Crippen LogP) is 4.01. The quantitative estimate of drug-likeness (QED) is 0.894. The van der Waals surface area contributed by atoms with Crippen molar-refractivity contribution >= 4 is 40.7 Å². The average Bonchev–Trinajstić information content (AvgIpc) is 2.52. The van der Waals surface area contributed by atoms with Gasteiger partial charge in [0.1, 0.15) is 0 Å². The van der Waals surface area contributed by atoms with Crippen molar-refractivity contribution < 1.29 is 4.79 Å². The number of nitrogens with one attached hydrogen (secondary N) is 1. The van der Waals surface area contributed by atoms with Crippen LogP contribution in [0.2, 0.25) is 10.0 Å². The van der Waals surface area contributed by atoms with Crippen molar-refractivity contribution in [1.29, 1.82) is 0 Å². The Labute approximate surface area is 139 Å². The van der Waals surface area contributed by atoms with Crippen LogP contribution in [0.15, 0.2) is 30.6 Å². The van der Waals surface area contributed by atoms with Crippen molar-refractivity contribution in [2.45, 2.75) is 13.8 Å². The highest BCUT2D eigenvalue weighted by molar-refractivity contribution is 6.36. The molecule has 0 saturated carbocycles. The summed E-state index contributed by atoms with van der Waals surface area (Å²) < 4.78 is 0. The van der Waals surface area contributed by atoms with Crippen molar-refractivity contribution in [1.82, 2.24) is 14.9 Å². The maximum absolute atomic E-state index is 12.2. The van der Waals surface area contributed by atoms with E-state index in [0.29, 0.717) is 40.3 Å². The Bertz CT molecular complexity index is 657. The Balaban J connectivity index is 2.13. The van der Waals surface area contributed by atoms with Crippen molar-refractivity contribution in [2.24, 2.45) is 0 Å². The average molecular weight is 339 g/mol. The summed E-state index contributed by atoms with van der Waals surface area (Å²) in [6.07, 6.45) is 3.00. The monoisotopic (exact) mass is 338 g/mol. The summed E-state index contributed by atoms with van der Waals surface area (Å²) in [5.74, 6) is 0.279. The van der Waals surface area contributed by atoms with Gasteiger partial charge < -0.3 is 10.2 Å². The second kappa shape index (κ2) is 7.42. The number of hydrogen-bond acceptors (Lipinski definition) is 4. The molecular formula is C15H16Cl2N4O. The van der Waals surface area contributed by atoms with Crippen LogP contribution in [0.1, 0.15) is 24.2 Å². The number of halogens is 2. The lowest BCUT2D eigenvalue weighted by molar-refractivity contribution is 0.0772. The fraction of sp³-hybridized carbons (Fsp3) is 0.267. The van der Waals surface area contributed by atoms with E-state index in [9.17, 15) is 4.79 Å². The van der Waals surface area contributed by atoms with Gasteiger partial charge in [-0.05, 0) is 32.0 Å². The predicted molar refractivity (Wildman–Crippen MR) is 89.0 cm³/mol. The van der Waals surface area contributed by atoms with E-state index in [1.54, 1.807) is 23.1 Å². The van der Waals surface area contributed by atoms with Gasteiger partial charge in [0.25, 0.3) is 5.91 Å². The number of carbonyl (C=O) groups is 1. The molecule has 1 aromatic heterocycles. The van der Waals surface area contributed by atoms with E-state index in [1.165, 1.54) is 12.4 Å². The van der Waals surface area contributed by atoms with Crippen LogP contribution in [-0.4, -0.2) is 33.9 Å². The van der Waals surface area contributed by atoms with Crippen molar-refractivity contribution in [2.75, 3.05) is 18.4 Å². The highest BCUT2D eigenvalue weighted by atomic mass is 35.5. The third-order valence-electron chi connectivity index (χ3n) is 3.13. The van der Waals surface area contributed by atoms with Gasteiger partial charge in [-0.15, -0.1) is 0 Å². The number of benzene rings is 1. The normalized spacial score (nSPS) is 10.4. The molecule has 0 aliphatic heterocycles. The van der Waals surface area contributed by atoms with Crippen molar-refractivity contribution in [3.8, 4) is 0 Å². The highest BCUT2D eigenvalue weighted by Crippen LogP contribution is 2.27. The maximum atomic E-state index is 12.2. The number of carbonyl (C=O) groups excluding carboxylic acids is 1. The number of rotatable bonds is 5. The van der Waals surface area contributed by atoms with Gasteiger partial charge in [-0.1, -0.05) is 23.2 Å². The topological polar surface area (TPSA) is 58.1 Å². The first-order valence-corrected chi connectivity index (χ1v) is 7.64. The molecule has 1 N–H and O–H groups in total. The molecule has 1 amide bonds. The third kappa shape index (κ3) is 3.87. The van der Waals surface area contributed by atoms with E-state index < -0.39 is 0 Å². The summed E-state index contributed by atoms with van der Waals surface area (Å²) in [4.78, 5) is 22.2. The molecular weight excluding hydrogens is 323 g/mol. The van der Waals surface area contributed by atoms with E-state index in [4.69, 9.17) is 23.2 Å². The molecule has 116 valence electrons. The maximum Gasteiger partial charge on any atom is 0.256 e. The summed E-state index contributed by atoms with van der Waals surface area (Å²) in [6.45, 7) is 5.16. The lowest BCUT2D eigenvalue weighted by Gasteiger charge is -2.18. The molecule has 2 rings (SSSR count). The molecule has 0 radical (unpaired) electrons. The molecule has 0 unspecified atom stereocenters. The molecule has 0 aliphatic rings. The summed E-state index contributed by atoms with van der Waals surface area (Å²) in [5, 5.41) is 4.01. The van der Waals surface area contributed by atoms with Gasteiger partial charge in [-0.2, -0.15) is 0 Å². The first-order chi connectivity index (χ1) is 10.5. The number of aromatic nitrogens is 2. The SMILES string of the molecule is CCN(CC)C(=O)c1cnc(Nc2ccc(Cl)cc2Cl)nc1. The number of anilines is 2. The van der Waals surface area contributed by atoms with Crippen molar-refractivity contribution in [3.63, 3.8) is 0 Å². The van der Waals surface area contributed by atoms with Gasteiger partial charge in [-0.25, -0.2) is 9.97 Å². The van der Waals surface area contributed by atoms with Gasteiger partial charge in [0, 0.05) is 30.5 Å². The van der Waals surface area contributed by atoms with Crippen LogP contribution in [0.4, 0.5) is 11.6 Å². The molecule has 1 heterocycles. The van der Waals surface area contributed by atoms with Crippen LogP contribution < -0.4 is 5.32 Å². The van der Waals surface area contributed by atoms with Gasteiger partial charge in [0.05, 0.1) is 16.3 Å². The van der Waals surface area contributed by atoms with E-state index in [1.807, 2.05) is 13.8 Å². The minimum atomic E-state index is -0.0823. The Morgan fingerprint density at radius 3 is 2.36 bits per heavy atom. The van der Waals surface area contributed by atoms with Gasteiger partial charge in [0.15, 0.2) is 0 Å². The van der Waals surface area contributed by atoms with E-state index in [2.05, 4.69) is 15.3 Å². The Morgan fingerprint density at radius 1 is 1.18 bits per heavy atom. The standard InChI is InChI=1S/C15H16Cl2N4O/c1-3-21(4-2)14(22)10-8-18-15(19-9-10)20-13-6-5-11(16)7-12(13)17/h5-9H,3-4H2,1-2H3,(H,18,19,20). The molecule has 0 bridgehead atoms. The molecule has 0 fully saturated rings. The van der Waals surface area contributed by atoms with Gasteiger partial charge in [0.2, 0.25) is 5.95 Å². The van der Waals surface area contributed by atoms with E-state index in [-0.39, 0.29) is 5.91 Å². The minimum Gasteiger partial charge on any atom is -0.339 e. The zero-order valence-corrected chi connectivity index (χ0v) is 13.8. The van der Waals surface area contributed by atoms with Crippen LogP contribution >= 0.6 is 23.2 Å². The Hall–Kier alpha value is -1.85. The smallest absolute Gasteiger partial charge is 0.256 e. The molecule has 5 nitrogen and oxygen atoms in total. The highest BCUT2D eigenvalue weighted by Gasteiger charge is 2.13. The Kier molecular flexibility index (Phi) is 5.57. The molecule has 7 heteroatoms. The van der Waals surface area contributed by atoms with Crippen molar-refractivity contribution in [3.05, 3.63) is 46.2 Å². The summed E-state index contributed by atoms with van der Waals surface area (Å²) in [7, 11) is 0. The minimum absolute atomic E-state index is 0.0823. The first kappa shape index (κ1) is 16.5. The molecule has 0 aliphatic carbocycles. The Morgan fingerprint density at radius 2 is 1.82 bits per heavy atom. The lowest BCUT2D eigenvalue weighted by Crippen LogP contribution is -2.30. The third-order valence-corrected chi connectivity index (χ3v) is 3.67. The summed E-state index contributed by atoms with van der Waals surface area (Å²) >= 11 is 11.9. The molecule has 0 atom stereocenters. The summed E-state index contributed by atoms with van der Waals surface area (Å²) in [5.41, 5.74) is 1.10. The van der Waals surface area contributed by atoms with E-state index in [0.717, 1.165) is 0 Å². The zero-order chi connectivity index (χ0) is 16.1. The molecule has 22 heavy (non-hydrogen) atoms. The van der Waals surface area contributed by atoms with Crippen LogP contribution in [0.5, 0.6) is 0 Å². The van der Waals surface area contributed by atoms with Gasteiger partial charge >= 0.3 is 0 Å². The first-order valence-electron chi connectivity index (χ1n) is 6.88. The zero-order valence-electron chi connectivity index (χ0n) is 12.3. The second-order valence-corrected chi connectivity index (χ2v) is 5.37. The molecule has 2 aromatic rings. The van der Waals surface area contributed by atoms with Crippen LogP contribution in [-0.2, 0) is 0 Å². The summed E-state index contributed by atoms with van der Waals surface area (Å²) in [6, 6.07) is 5.08. The fourth-order valence-electron chi connectivity index (χ4n) is 1.91. The van der Waals surface area contributed by atoms with Crippen LogP contribution in [0, 0.1) is 0 Å². The van der Waals surface area contributed by atoms with Gasteiger partial charge in [-0.3, -0.25) is 4.79 Å². The molecule has 0 saturated heterocycles. The second-order valence-electron chi connectivity index (χ2n) is 4.52. The number of hydrogen-bond donors (Lipinski definition) is 1. The fourth-order valence-corrected chi connectivity index (χ4v) is 2.36. The van der Waals surface area contributed by atoms with Crippen LogP contribution in [0.25, 0.3) is 0 Å². The van der Waals surface area contributed by atoms with Crippen LogP contribution in [0.3, 0.4) is 0 Å². The molecule has 1 aromatic carbocycles. The lowest BCUT2D eigenvalue weighted by atomic mass is 10.3. The molecule has 0 spiro atoms. The number of amides is 1. The largest absolute Gasteiger partial charge is 0.339 e.